The SMILES string of the molecule is Cc1n[nH]c(=O)n1/N=C/c1ccccc1Cl. The summed E-state index contributed by atoms with van der Waals surface area (Å²) in [5.74, 6) is 0.494. The number of nitrogens with one attached hydrogen (secondary N) is 1. The van der Waals surface area contributed by atoms with Gasteiger partial charge in [0.15, 0.2) is 5.82 Å². The van der Waals surface area contributed by atoms with Crippen molar-refractivity contribution in [1.29, 1.82) is 0 Å². The third-order valence-electron chi connectivity index (χ3n) is 2.03. The van der Waals surface area contributed by atoms with Crippen molar-refractivity contribution < 1.29 is 0 Å². The monoisotopic (exact) mass is 236 g/mol. The van der Waals surface area contributed by atoms with Gasteiger partial charge in [-0.15, -0.1) is 0 Å². The number of aromatic amines is 1. The lowest BCUT2D eigenvalue weighted by molar-refractivity contribution is 0.800. The quantitative estimate of drug-likeness (QED) is 0.802. The second kappa shape index (κ2) is 4.32. The van der Waals surface area contributed by atoms with Gasteiger partial charge in [-0.05, 0) is 13.0 Å². The van der Waals surface area contributed by atoms with Crippen LogP contribution in [0.3, 0.4) is 0 Å². The molecule has 1 N–H and O–H groups in total. The van der Waals surface area contributed by atoms with Gasteiger partial charge in [-0.3, -0.25) is 0 Å². The average Bonchev–Trinajstić information content (AvgIpc) is 2.58. The number of hydrogen-bond donors (Lipinski definition) is 1. The van der Waals surface area contributed by atoms with Crippen LogP contribution >= 0.6 is 11.6 Å². The lowest BCUT2D eigenvalue weighted by atomic mass is 10.2. The molecule has 0 unspecified atom stereocenters. The molecule has 1 heterocycles. The predicted molar refractivity (Wildman–Crippen MR) is 62.0 cm³/mol. The molecule has 0 saturated heterocycles. The molecule has 2 aromatic rings. The summed E-state index contributed by atoms with van der Waals surface area (Å²) in [4.78, 5) is 11.2. The number of hydrogen-bond acceptors (Lipinski definition) is 3. The number of aromatic nitrogens is 3. The van der Waals surface area contributed by atoms with Crippen molar-refractivity contribution in [2.24, 2.45) is 5.10 Å². The van der Waals surface area contributed by atoms with E-state index < -0.39 is 0 Å². The van der Waals surface area contributed by atoms with Crippen molar-refractivity contribution >= 4 is 17.8 Å². The van der Waals surface area contributed by atoms with Gasteiger partial charge >= 0.3 is 5.69 Å². The minimum atomic E-state index is -0.374. The molecule has 1 aromatic carbocycles. The van der Waals surface area contributed by atoms with Crippen molar-refractivity contribution in [2.75, 3.05) is 0 Å². The van der Waals surface area contributed by atoms with E-state index in [1.165, 1.54) is 10.9 Å². The summed E-state index contributed by atoms with van der Waals surface area (Å²) >= 11 is 5.94. The highest BCUT2D eigenvalue weighted by Crippen LogP contribution is 2.12. The molecule has 0 atom stereocenters. The molecule has 5 nitrogen and oxygen atoms in total. The Balaban J connectivity index is 2.36. The molecule has 1 aromatic heterocycles. The molecule has 0 aliphatic heterocycles. The fraction of sp³-hybridized carbons (Fsp3) is 0.100. The van der Waals surface area contributed by atoms with Crippen LogP contribution in [0, 0.1) is 6.92 Å². The number of nitrogens with zero attached hydrogens (tertiary/aromatic N) is 3. The second-order valence-electron chi connectivity index (χ2n) is 3.15. The minimum Gasteiger partial charge on any atom is -0.244 e. The molecule has 16 heavy (non-hydrogen) atoms. The van der Waals surface area contributed by atoms with E-state index in [0.29, 0.717) is 10.8 Å². The number of H-pyrrole nitrogens is 1. The highest BCUT2D eigenvalue weighted by atomic mass is 35.5. The van der Waals surface area contributed by atoms with E-state index in [2.05, 4.69) is 15.3 Å². The minimum absolute atomic E-state index is 0.374. The molecule has 82 valence electrons. The predicted octanol–water partition coefficient (Wildman–Crippen LogP) is 1.42. The van der Waals surface area contributed by atoms with Crippen molar-refractivity contribution in [3.05, 3.63) is 51.2 Å². The van der Waals surface area contributed by atoms with Gasteiger partial charge in [0.25, 0.3) is 0 Å². The highest BCUT2D eigenvalue weighted by molar-refractivity contribution is 6.33. The zero-order chi connectivity index (χ0) is 11.5. The molecule has 0 aliphatic rings. The van der Waals surface area contributed by atoms with Crippen LogP contribution < -0.4 is 5.69 Å². The molecule has 2 rings (SSSR count). The molecule has 0 spiro atoms. The fourth-order valence-electron chi connectivity index (χ4n) is 1.21. The first kappa shape index (κ1) is 10.6. The Kier molecular flexibility index (Phi) is 2.87. The largest absolute Gasteiger partial charge is 0.364 e. The van der Waals surface area contributed by atoms with Crippen molar-refractivity contribution in [2.45, 2.75) is 6.92 Å². The van der Waals surface area contributed by atoms with E-state index in [4.69, 9.17) is 11.6 Å². The summed E-state index contributed by atoms with van der Waals surface area (Å²) in [6.07, 6.45) is 1.52. The first-order chi connectivity index (χ1) is 7.68. The van der Waals surface area contributed by atoms with Gasteiger partial charge in [0.2, 0.25) is 0 Å². The zero-order valence-corrected chi connectivity index (χ0v) is 9.27. The van der Waals surface area contributed by atoms with Gasteiger partial charge in [0, 0.05) is 10.6 Å². The first-order valence-corrected chi connectivity index (χ1v) is 4.99. The molecule has 0 aliphatic carbocycles. The molecule has 0 bridgehead atoms. The Morgan fingerprint density at radius 3 is 2.88 bits per heavy atom. The maximum atomic E-state index is 11.2. The summed E-state index contributed by atoms with van der Waals surface area (Å²) in [5, 5.41) is 10.6. The highest BCUT2D eigenvalue weighted by Gasteiger charge is 2.00. The summed E-state index contributed by atoms with van der Waals surface area (Å²) < 4.78 is 1.17. The number of aryl methyl sites for hydroxylation is 1. The zero-order valence-electron chi connectivity index (χ0n) is 8.51. The van der Waals surface area contributed by atoms with Gasteiger partial charge in [-0.25, -0.2) is 9.89 Å². The van der Waals surface area contributed by atoms with Crippen LogP contribution in [-0.4, -0.2) is 21.1 Å². The number of benzene rings is 1. The molecular weight excluding hydrogens is 228 g/mol. The lowest BCUT2D eigenvalue weighted by Crippen LogP contribution is -2.13. The van der Waals surface area contributed by atoms with Crippen molar-refractivity contribution in [3.63, 3.8) is 0 Å². The normalized spacial score (nSPS) is 11.1. The third kappa shape index (κ3) is 2.04. The average molecular weight is 237 g/mol. The van der Waals surface area contributed by atoms with Crippen molar-refractivity contribution in [3.8, 4) is 0 Å². The Morgan fingerprint density at radius 2 is 2.25 bits per heavy atom. The van der Waals surface area contributed by atoms with Crippen LogP contribution in [0.1, 0.15) is 11.4 Å². The van der Waals surface area contributed by atoms with Gasteiger partial charge < -0.3 is 0 Å². The smallest absolute Gasteiger partial charge is 0.244 e. The van der Waals surface area contributed by atoms with Gasteiger partial charge in [-0.1, -0.05) is 29.8 Å². The molecule has 0 radical (unpaired) electrons. The molecule has 0 saturated carbocycles. The van der Waals surface area contributed by atoms with Crippen LogP contribution in [0.4, 0.5) is 0 Å². The summed E-state index contributed by atoms with van der Waals surface area (Å²) in [7, 11) is 0. The Morgan fingerprint density at radius 1 is 1.50 bits per heavy atom. The Bertz CT molecular complexity index is 585. The van der Waals surface area contributed by atoms with E-state index in [9.17, 15) is 4.79 Å². The van der Waals surface area contributed by atoms with E-state index in [1.54, 1.807) is 13.0 Å². The summed E-state index contributed by atoms with van der Waals surface area (Å²) in [5.41, 5.74) is 0.373. The maximum Gasteiger partial charge on any atom is 0.364 e. The van der Waals surface area contributed by atoms with E-state index in [1.807, 2.05) is 18.2 Å². The first-order valence-electron chi connectivity index (χ1n) is 4.61. The van der Waals surface area contributed by atoms with Crippen LogP contribution in [0.5, 0.6) is 0 Å². The van der Waals surface area contributed by atoms with E-state index in [0.717, 1.165) is 5.56 Å². The fourth-order valence-corrected chi connectivity index (χ4v) is 1.39. The van der Waals surface area contributed by atoms with Gasteiger partial charge in [0.1, 0.15) is 0 Å². The van der Waals surface area contributed by atoms with Crippen LogP contribution in [-0.2, 0) is 0 Å². The van der Waals surface area contributed by atoms with Crippen LogP contribution in [0.2, 0.25) is 5.02 Å². The van der Waals surface area contributed by atoms with Gasteiger partial charge in [0.05, 0.1) is 6.21 Å². The molecule has 0 amide bonds. The van der Waals surface area contributed by atoms with E-state index in [-0.39, 0.29) is 5.69 Å². The number of rotatable bonds is 2. The molecule has 6 heteroatoms. The van der Waals surface area contributed by atoms with E-state index >= 15 is 0 Å². The molecular formula is C10H9ClN4O. The summed E-state index contributed by atoms with van der Waals surface area (Å²) in [6, 6.07) is 7.24. The Labute approximate surface area is 96.4 Å². The van der Waals surface area contributed by atoms with Crippen LogP contribution in [0.15, 0.2) is 34.2 Å². The number of halogens is 1. The maximum absolute atomic E-state index is 11.2. The third-order valence-corrected chi connectivity index (χ3v) is 2.37. The topological polar surface area (TPSA) is 63.0 Å². The van der Waals surface area contributed by atoms with Crippen LogP contribution in [0.25, 0.3) is 0 Å². The Hall–Kier alpha value is -1.88. The molecule has 0 fully saturated rings. The summed E-state index contributed by atoms with van der Waals surface area (Å²) in [6.45, 7) is 1.68. The standard InChI is InChI=1S/C10H9ClN4O/c1-7-13-14-10(16)15(7)12-6-8-4-2-3-5-9(8)11/h2-6H,1H3,(H,14,16)/b12-6+. The van der Waals surface area contributed by atoms with Crippen molar-refractivity contribution in [1.82, 2.24) is 14.9 Å². The van der Waals surface area contributed by atoms with Gasteiger partial charge in [-0.2, -0.15) is 14.9 Å². The second-order valence-corrected chi connectivity index (χ2v) is 3.56. The lowest BCUT2D eigenvalue weighted by Gasteiger charge is -1.96.